The van der Waals surface area contributed by atoms with Crippen LogP contribution >= 0.6 is 11.3 Å². The van der Waals surface area contributed by atoms with Crippen LogP contribution < -0.4 is 10.9 Å². The number of hydrogen-bond donors (Lipinski definition) is 4. The van der Waals surface area contributed by atoms with E-state index in [0.717, 1.165) is 16.2 Å². The minimum absolute atomic E-state index is 0.114. The molecule has 2 rings (SSSR count). The first-order valence-electron chi connectivity index (χ1n) is 10.2. The number of Topliss-reactive ketones (excluding diaryl/α,β-unsaturated/α-hetero) is 1. The zero-order valence-corrected chi connectivity index (χ0v) is 18.8. The van der Waals surface area contributed by atoms with E-state index in [0.29, 0.717) is 24.8 Å². The highest BCUT2D eigenvalue weighted by atomic mass is 32.1. The third-order valence-corrected chi connectivity index (χ3v) is 5.83. The minimum Gasteiger partial charge on any atom is -0.507 e. The van der Waals surface area contributed by atoms with Gasteiger partial charge in [-0.3, -0.25) is 10.1 Å². The Bertz CT molecular complexity index is 1060. The highest BCUT2D eigenvalue weighted by Crippen LogP contribution is 2.27. The molecule has 0 aromatic carbocycles. The summed E-state index contributed by atoms with van der Waals surface area (Å²) >= 11 is 1.49. The quantitative estimate of drug-likeness (QED) is 0.289. The topological polar surface area (TPSA) is 137 Å². The van der Waals surface area contributed by atoms with Crippen molar-refractivity contribution in [3.8, 4) is 5.75 Å². The molecule has 0 aliphatic heterocycles. The van der Waals surface area contributed by atoms with Gasteiger partial charge in [-0.1, -0.05) is 13.0 Å². The Morgan fingerprint density at radius 1 is 1.31 bits per heavy atom. The summed E-state index contributed by atoms with van der Waals surface area (Å²) in [5, 5.41) is 29.9. The number of allylic oxidation sites excluding steroid dienone is 2. The number of carbonyl (C=O) groups excluding carboxylic acids is 1. The van der Waals surface area contributed by atoms with E-state index in [9.17, 15) is 19.5 Å². The van der Waals surface area contributed by atoms with Crippen molar-refractivity contribution in [3.63, 3.8) is 0 Å². The van der Waals surface area contributed by atoms with Gasteiger partial charge in [0.15, 0.2) is 5.78 Å². The number of aliphatic hydroxyl groups excluding tert-OH is 1. The molecule has 0 aliphatic rings. The van der Waals surface area contributed by atoms with E-state index in [2.05, 4.69) is 5.32 Å². The monoisotopic (exact) mass is 461 g/mol. The van der Waals surface area contributed by atoms with Gasteiger partial charge in [0.25, 0.3) is 0 Å². The van der Waals surface area contributed by atoms with Crippen LogP contribution in [0.1, 0.15) is 64.9 Å². The summed E-state index contributed by atoms with van der Waals surface area (Å²) in [4.78, 5) is 37.5. The van der Waals surface area contributed by atoms with Crippen LogP contribution in [0.5, 0.6) is 5.75 Å². The van der Waals surface area contributed by atoms with Crippen molar-refractivity contribution in [3.05, 3.63) is 67.5 Å². The number of nitrogens with one attached hydrogen (secondary N) is 1. The van der Waals surface area contributed by atoms with Gasteiger partial charge in [0, 0.05) is 34.5 Å². The number of carbonyl (C=O) groups is 2. The first-order chi connectivity index (χ1) is 15.2. The first kappa shape index (κ1) is 25.1. The molecule has 0 aliphatic carbocycles. The molecule has 32 heavy (non-hydrogen) atoms. The van der Waals surface area contributed by atoms with Gasteiger partial charge in [-0.15, -0.1) is 11.3 Å². The number of carboxylic acid groups (broad SMARTS) is 1. The third kappa shape index (κ3) is 7.21. The molecule has 0 spiro atoms. The molecule has 2 aromatic heterocycles. The van der Waals surface area contributed by atoms with Crippen molar-refractivity contribution < 1.29 is 29.3 Å². The number of ketones is 1. The summed E-state index contributed by atoms with van der Waals surface area (Å²) in [5.74, 6) is -1.02. The Hall–Kier alpha value is -3.17. The maximum atomic E-state index is 12.8. The maximum absolute atomic E-state index is 12.8. The zero-order chi connectivity index (χ0) is 23.7. The summed E-state index contributed by atoms with van der Waals surface area (Å²) in [6.45, 7) is 3.49. The van der Waals surface area contributed by atoms with Crippen LogP contribution in [-0.4, -0.2) is 33.8 Å². The van der Waals surface area contributed by atoms with Crippen LogP contribution in [0.25, 0.3) is 6.08 Å². The Morgan fingerprint density at radius 3 is 2.72 bits per heavy atom. The largest absolute Gasteiger partial charge is 0.507 e. The molecule has 0 saturated heterocycles. The van der Waals surface area contributed by atoms with E-state index in [1.54, 1.807) is 26.0 Å². The molecular formula is C23H27NO7S. The summed E-state index contributed by atoms with van der Waals surface area (Å²) < 4.78 is 5.30. The zero-order valence-electron chi connectivity index (χ0n) is 18.0. The van der Waals surface area contributed by atoms with Crippen molar-refractivity contribution in [2.75, 3.05) is 6.61 Å². The molecule has 0 fully saturated rings. The molecule has 9 heteroatoms. The molecule has 0 saturated carbocycles. The lowest BCUT2D eigenvalue weighted by Gasteiger charge is -2.11. The lowest BCUT2D eigenvalue weighted by atomic mass is 10.00. The molecule has 1 unspecified atom stereocenters. The molecule has 4 N–H and O–H groups in total. The van der Waals surface area contributed by atoms with Gasteiger partial charge >= 0.3 is 11.7 Å². The van der Waals surface area contributed by atoms with Gasteiger partial charge in [0.05, 0.1) is 0 Å². The lowest BCUT2D eigenvalue weighted by Crippen LogP contribution is -2.16. The van der Waals surface area contributed by atoms with Crippen molar-refractivity contribution in [1.29, 1.82) is 0 Å². The summed E-state index contributed by atoms with van der Waals surface area (Å²) in [7, 11) is 0. The molecule has 2 aromatic rings. The predicted octanol–water partition coefficient (Wildman–Crippen LogP) is 4.28. The number of thiophene rings is 1. The van der Waals surface area contributed by atoms with Gasteiger partial charge in [-0.25, -0.2) is 9.59 Å². The second-order valence-corrected chi connectivity index (χ2v) is 8.51. The summed E-state index contributed by atoms with van der Waals surface area (Å²) in [6.07, 6.45) is 5.92. The second-order valence-electron chi connectivity index (χ2n) is 7.31. The Morgan fingerprint density at radius 2 is 2.06 bits per heavy atom. The molecule has 172 valence electrons. The molecule has 1 atom stereocenters. The SMILES string of the molecule is CC(=Cc1ccc(CCCO)s1)C(=O)c1c(O)cc(C(C)CCC=CNC(=O)O)oc1=O. The summed E-state index contributed by atoms with van der Waals surface area (Å²) in [5.41, 5.74) is -1.01. The normalized spacial score (nSPS) is 12.8. The minimum atomic E-state index is -1.16. The molecular weight excluding hydrogens is 434 g/mol. The van der Waals surface area contributed by atoms with Crippen LogP contribution in [0, 0.1) is 0 Å². The average Bonchev–Trinajstić information content (AvgIpc) is 3.18. The molecule has 2 heterocycles. The fourth-order valence-corrected chi connectivity index (χ4v) is 4.05. The highest BCUT2D eigenvalue weighted by Gasteiger charge is 2.22. The lowest BCUT2D eigenvalue weighted by molar-refractivity contribution is 0.102. The Kier molecular flexibility index (Phi) is 9.42. The first-order valence-corrected chi connectivity index (χ1v) is 11.0. The molecule has 1 amide bonds. The van der Waals surface area contributed by atoms with Crippen LogP contribution in [0.15, 0.2) is 45.3 Å². The highest BCUT2D eigenvalue weighted by molar-refractivity contribution is 7.12. The van der Waals surface area contributed by atoms with Gasteiger partial charge in [-0.05, 0) is 56.4 Å². The smallest absolute Gasteiger partial charge is 0.408 e. The number of rotatable bonds is 11. The van der Waals surface area contributed by atoms with E-state index in [-0.39, 0.29) is 18.3 Å². The fraction of sp³-hybridized carbons (Fsp3) is 0.348. The number of aryl methyl sites for hydroxylation is 1. The van der Waals surface area contributed by atoms with E-state index >= 15 is 0 Å². The summed E-state index contributed by atoms with van der Waals surface area (Å²) in [6, 6.07) is 5.07. The number of hydrogen-bond acceptors (Lipinski definition) is 7. The third-order valence-electron chi connectivity index (χ3n) is 4.73. The maximum Gasteiger partial charge on any atom is 0.408 e. The van der Waals surface area contributed by atoms with Crippen LogP contribution in [0.2, 0.25) is 0 Å². The van der Waals surface area contributed by atoms with Gasteiger partial charge in [-0.2, -0.15) is 0 Å². The molecule has 0 bridgehead atoms. The van der Waals surface area contributed by atoms with Gasteiger partial charge < -0.3 is 19.7 Å². The van der Waals surface area contributed by atoms with Crippen molar-refractivity contribution >= 4 is 29.3 Å². The predicted molar refractivity (Wildman–Crippen MR) is 122 cm³/mol. The van der Waals surface area contributed by atoms with Gasteiger partial charge in [0.2, 0.25) is 0 Å². The van der Waals surface area contributed by atoms with Crippen LogP contribution in [-0.2, 0) is 6.42 Å². The van der Waals surface area contributed by atoms with E-state index < -0.39 is 28.8 Å². The van der Waals surface area contributed by atoms with Crippen molar-refractivity contribution in [2.45, 2.75) is 45.4 Å². The van der Waals surface area contributed by atoms with Crippen molar-refractivity contribution in [1.82, 2.24) is 5.32 Å². The molecule has 0 radical (unpaired) electrons. The number of amides is 1. The number of aromatic hydroxyl groups is 1. The number of aliphatic hydroxyl groups is 1. The standard InChI is InChI=1S/C23H27NO7S/c1-14(6-3-4-10-24-23(29)30)19-13-18(26)20(22(28)31-19)21(27)15(2)12-17-9-8-16(32-17)7-5-11-25/h4,8-10,12-14,24-26H,3,5-7,11H2,1-2H3,(H,29,30). The van der Waals surface area contributed by atoms with Crippen LogP contribution in [0.4, 0.5) is 4.79 Å². The molecule has 8 nitrogen and oxygen atoms in total. The average molecular weight is 462 g/mol. The van der Waals surface area contributed by atoms with E-state index in [4.69, 9.17) is 14.6 Å². The second kappa shape index (κ2) is 12.0. The Balaban J connectivity index is 2.12. The fourth-order valence-electron chi connectivity index (χ4n) is 2.99. The van der Waals surface area contributed by atoms with E-state index in [1.165, 1.54) is 23.6 Å². The Labute approximate surface area is 189 Å². The van der Waals surface area contributed by atoms with E-state index in [1.807, 2.05) is 12.1 Å². The van der Waals surface area contributed by atoms with Gasteiger partial charge in [0.1, 0.15) is 17.1 Å². The van der Waals surface area contributed by atoms with Crippen molar-refractivity contribution in [2.24, 2.45) is 0 Å². The van der Waals surface area contributed by atoms with Crippen LogP contribution in [0.3, 0.4) is 0 Å².